The molecule has 1 rings (SSSR count). The molecule has 3 N–H and O–H groups in total. The normalized spacial score (nSPS) is 12.1. The molecule has 0 bridgehead atoms. The monoisotopic (exact) mass is 239 g/mol. The smallest absolute Gasteiger partial charge is 0.224 e. The van der Waals surface area contributed by atoms with Crippen molar-refractivity contribution >= 4 is 11.8 Å². The number of rotatable bonds is 7. The third-order valence-electron chi connectivity index (χ3n) is 1.99. The number of hydrogen-bond acceptors (Lipinski definition) is 5. The Morgan fingerprint density at radius 1 is 1.59 bits per heavy atom. The number of hydrogen-bond donors (Lipinski definition) is 2. The molecular formula is C9H15N6O2. The molecule has 0 aliphatic rings. The molecule has 2 amide bonds. The number of tetrazole rings is 1. The summed E-state index contributed by atoms with van der Waals surface area (Å²) in [5.41, 5.74) is 5.02. The number of amides is 2. The van der Waals surface area contributed by atoms with Crippen molar-refractivity contribution in [3.05, 3.63) is 12.7 Å². The second-order valence-electron chi connectivity index (χ2n) is 3.68. The van der Waals surface area contributed by atoms with Crippen LogP contribution in [0.3, 0.4) is 0 Å². The van der Waals surface area contributed by atoms with Crippen LogP contribution >= 0.6 is 0 Å². The Balaban J connectivity index is 2.14. The van der Waals surface area contributed by atoms with E-state index in [0.29, 0.717) is 13.1 Å². The highest BCUT2D eigenvalue weighted by Crippen LogP contribution is 2.04. The predicted octanol–water partition coefficient (Wildman–Crippen LogP) is -1.49. The highest BCUT2D eigenvalue weighted by Gasteiger charge is 2.11. The van der Waals surface area contributed by atoms with E-state index in [1.54, 1.807) is 6.92 Å². The highest BCUT2D eigenvalue weighted by molar-refractivity contribution is 5.86. The molecule has 0 unspecified atom stereocenters. The highest BCUT2D eigenvalue weighted by atomic mass is 16.2. The lowest BCUT2D eigenvalue weighted by Gasteiger charge is -2.08. The molecule has 0 spiro atoms. The molecule has 1 aromatic heterocycles. The minimum Gasteiger partial charge on any atom is -0.370 e. The zero-order valence-electron chi connectivity index (χ0n) is 9.54. The van der Waals surface area contributed by atoms with Crippen LogP contribution in [0.4, 0.5) is 0 Å². The van der Waals surface area contributed by atoms with Gasteiger partial charge >= 0.3 is 0 Å². The van der Waals surface area contributed by atoms with Crippen molar-refractivity contribution in [3.8, 4) is 0 Å². The van der Waals surface area contributed by atoms with Gasteiger partial charge in [0.05, 0.1) is 13.0 Å². The van der Waals surface area contributed by atoms with Crippen LogP contribution in [0.5, 0.6) is 0 Å². The number of primary amides is 1. The Morgan fingerprint density at radius 2 is 2.35 bits per heavy atom. The Hall–Kier alpha value is -1.99. The zero-order valence-corrected chi connectivity index (χ0v) is 9.54. The van der Waals surface area contributed by atoms with Crippen LogP contribution in [0.15, 0.2) is 6.33 Å². The molecule has 0 saturated heterocycles. The van der Waals surface area contributed by atoms with Crippen LogP contribution in [-0.2, 0) is 16.1 Å². The van der Waals surface area contributed by atoms with Gasteiger partial charge in [-0.3, -0.25) is 9.59 Å². The van der Waals surface area contributed by atoms with Gasteiger partial charge in [-0.1, -0.05) is 6.92 Å². The van der Waals surface area contributed by atoms with E-state index in [1.165, 1.54) is 17.4 Å². The van der Waals surface area contributed by atoms with Crippen LogP contribution in [0.1, 0.15) is 13.3 Å². The number of nitrogens with zero attached hydrogens (tertiary/aromatic N) is 4. The molecule has 93 valence electrons. The maximum absolute atomic E-state index is 11.4. The summed E-state index contributed by atoms with van der Waals surface area (Å²) >= 11 is 0. The van der Waals surface area contributed by atoms with Gasteiger partial charge in [0.2, 0.25) is 11.8 Å². The topological polar surface area (TPSA) is 116 Å². The maximum atomic E-state index is 11.4. The fraction of sp³-hybridized carbons (Fsp3) is 0.556. The summed E-state index contributed by atoms with van der Waals surface area (Å²) in [7, 11) is 0. The number of carbonyl (C=O) groups excluding carboxylic acids is 2. The first-order valence-electron chi connectivity index (χ1n) is 5.19. The van der Waals surface area contributed by atoms with E-state index in [2.05, 4.69) is 20.8 Å². The summed E-state index contributed by atoms with van der Waals surface area (Å²) in [6.45, 7) is 2.67. The summed E-state index contributed by atoms with van der Waals surface area (Å²) in [5, 5.41) is 13.2. The van der Waals surface area contributed by atoms with Crippen LogP contribution in [0.25, 0.3) is 0 Å². The minimum absolute atomic E-state index is 0.166. The number of carbonyl (C=O) groups is 2. The summed E-state index contributed by atoms with van der Waals surface area (Å²) in [6, 6.07) is 0. The summed E-state index contributed by atoms with van der Waals surface area (Å²) in [6.07, 6.45) is 3.07. The molecule has 8 heteroatoms. The average Bonchev–Trinajstić information content (AvgIpc) is 2.68. The third-order valence-corrected chi connectivity index (χ3v) is 1.99. The molecule has 1 radical (unpaired) electrons. The lowest BCUT2D eigenvalue weighted by molar-refractivity contribution is -0.119. The van der Waals surface area contributed by atoms with Crippen molar-refractivity contribution < 1.29 is 9.59 Å². The Labute approximate surface area is 98.5 Å². The van der Waals surface area contributed by atoms with Crippen molar-refractivity contribution in [2.24, 2.45) is 11.7 Å². The molecule has 1 atom stereocenters. The van der Waals surface area contributed by atoms with Crippen LogP contribution < -0.4 is 11.1 Å². The van der Waals surface area contributed by atoms with Crippen LogP contribution in [-0.4, -0.2) is 38.6 Å². The van der Waals surface area contributed by atoms with E-state index in [0.717, 1.165) is 0 Å². The number of nitrogens with one attached hydrogen (secondary N) is 1. The number of aromatic nitrogens is 4. The van der Waals surface area contributed by atoms with Crippen LogP contribution in [0.2, 0.25) is 0 Å². The standard InChI is InChI=1S/C9H15N6O2/c1-7(4-8(10)16)5-9(17)11-2-3-15-6-12-13-14-15/h5-7H,2-4H2,1H3,(H2,10,16)(H,11,17)/t7-/m1/s1. The molecule has 0 aliphatic carbocycles. The van der Waals surface area contributed by atoms with E-state index >= 15 is 0 Å². The molecule has 0 aromatic carbocycles. The fourth-order valence-corrected chi connectivity index (χ4v) is 1.27. The largest absolute Gasteiger partial charge is 0.370 e. The van der Waals surface area contributed by atoms with Gasteiger partial charge in [-0.05, 0) is 16.3 Å². The maximum Gasteiger partial charge on any atom is 0.224 e. The van der Waals surface area contributed by atoms with Crippen molar-refractivity contribution in [1.82, 2.24) is 25.5 Å². The van der Waals surface area contributed by atoms with E-state index in [4.69, 9.17) is 5.73 Å². The van der Waals surface area contributed by atoms with Crippen molar-refractivity contribution in [2.75, 3.05) is 6.54 Å². The second-order valence-corrected chi connectivity index (χ2v) is 3.68. The van der Waals surface area contributed by atoms with Gasteiger partial charge in [-0.2, -0.15) is 0 Å². The SMILES string of the molecule is C[C@@H]([CH]C(=O)NCCn1cnnn1)CC(N)=O. The van der Waals surface area contributed by atoms with Gasteiger partial charge in [-0.25, -0.2) is 4.68 Å². The van der Waals surface area contributed by atoms with E-state index < -0.39 is 5.91 Å². The molecule has 17 heavy (non-hydrogen) atoms. The van der Waals surface area contributed by atoms with E-state index in [-0.39, 0.29) is 18.2 Å². The van der Waals surface area contributed by atoms with Gasteiger partial charge in [-0.15, -0.1) is 5.10 Å². The van der Waals surface area contributed by atoms with Gasteiger partial charge in [0, 0.05) is 13.0 Å². The first kappa shape index (κ1) is 13.1. The van der Waals surface area contributed by atoms with Crippen molar-refractivity contribution in [1.29, 1.82) is 0 Å². The first-order valence-corrected chi connectivity index (χ1v) is 5.19. The average molecular weight is 239 g/mol. The molecule has 0 aliphatic heterocycles. The van der Waals surface area contributed by atoms with Gasteiger partial charge in [0.15, 0.2) is 0 Å². The van der Waals surface area contributed by atoms with E-state index in [9.17, 15) is 9.59 Å². The van der Waals surface area contributed by atoms with Crippen molar-refractivity contribution in [3.63, 3.8) is 0 Å². The van der Waals surface area contributed by atoms with E-state index in [1.807, 2.05) is 0 Å². The fourth-order valence-electron chi connectivity index (χ4n) is 1.27. The zero-order chi connectivity index (χ0) is 12.7. The second kappa shape index (κ2) is 6.56. The predicted molar refractivity (Wildman–Crippen MR) is 58.1 cm³/mol. The van der Waals surface area contributed by atoms with Gasteiger partial charge in [0.1, 0.15) is 6.33 Å². The lowest BCUT2D eigenvalue weighted by Crippen LogP contribution is -2.30. The summed E-state index contributed by atoms with van der Waals surface area (Å²) in [5.74, 6) is -0.817. The number of nitrogens with two attached hydrogens (primary N) is 1. The lowest BCUT2D eigenvalue weighted by atomic mass is 10.0. The van der Waals surface area contributed by atoms with Gasteiger partial charge in [0.25, 0.3) is 0 Å². The van der Waals surface area contributed by atoms with Gasteiger partial charge < -0.3 is 11.1 Å². The quantitative estimate of drug-likeness (QED) is 0.601. The minimum atomic E-state index is -0.421. The third kappa shape index (κ3) is 5.59. The van der Waals surface area contributed by atoms with Crippen molar-refractivity contribution in [2.45, 2.75) is 19.9 Å². The van der Waals surface area contributed by atoms with Crippen LogP contribution in [0, 0.1) is 12.3 Å². The first-order chi connectivity index (χ1) is 8.08. The summed E-state index contributed by atoms with van der Waals surface area (Å²) < 4.78 is 1.51. The molecular weight excluding hydrogens is 224 g/mol. The molecule has 1 heterocycles. The molecule has 8 nitrogen and oxygen atoms in total. The Kier molecular flexibility index (Phi) is 5.05. The Morgan fingerprint density at radius 3 is 2.94 bits per heavy atom. The summed E-state index contributed by atoms with van der Waals surface area (Å²) in [4.78, 5) is 22.0. The Bertz CT molecular complexity index is 364. The molecule has 0 saturated carbocycles. The molecule has 1 aromatic rings. The molecule has 0 fully saturated rings.